The Kier molecular flexibility index (Phi) is 7.08. The zero-order chi connectivity index (χ0) is 22.5. The minimum absolute atomic E-state index is 0.0105. The number of benzene rings is 1. The maximum Gasteiger partial charge on any atom is 0.319 e. The normalized spacial score (nSPS) is 22.2. The first kappa shape index (κ1) is 22.3. The highest BCUT2D eigenvalue weighted by Gasteiger charge is 2.32. The number of carbonyl (C=O) groups is 1. The molecule has 1 aromatic carbocycles. The van der Waals surface area contributed by atoms with Gasteiger partial charge in [0.25, 0.3) is 0 Å². The molecule has 0 spiro atoms. The summed E-state index contributed by atoms with van der Waals surface area (Å²) in [7, 11) is 3.98. The van der Waals surface area contributed by atoms with E-state index in [1.807, 2.05) is 29.9 Å². The predicted molar refractivity (Wildman–Crippen MR) is 116 cm³/mol. The first-order valence-corrected chi connectivity index (χ1v) is 10.8. The molecule has 4 rings (SSSR count). The van der Waals surface area contributed by atoms with Gasteiger partial charge in [-0.1, -0.05) is 5.21 Å². The predicted octanol–water partition coefficient (Wildman–Crippen LogP) is 1.19. The number of nitrogens with zero attached hydrogens (tertiary/aromatic N) is 4. The first-order chi connectivity index (χ1) is 15.5. The van der Waals surface area contributed by atoms with Crippen LogP contribution in [0.3, 0.4) is 0 Å². The largest absolute Gasteiger partial charge is 0.454 e. The Bertz CT molecular complexity index is 920. The molecule has 3 atom stereocenters. The van der Waals surface area contributed by atoms with Gasteiger partial charge in [-0.25, -0.2) is 4.79 Å². The van der Waals surface area contributed by atoms with Crippen molar-refractivity contribution in [2.45, 2.75) is 50.6 Å². The van der Waals surface area contributed by atoms with Crippen LogP contribution in [0.1, 0.15) is 25.0 Å². The molecule has 32 heavy (non-hydrogen) atoms. The minimum Gasteiger partial charge on any atom is -0.454 e. The molecule has 0 saturated carbocycles. The summed E-state index contributed by atoms with van der Waals surface area (Å²) in [5.41, 5.74) is 1.52. The fourth-order valence-corrected chi connectivity index (χ4v) is 3.94. The monoisotopic (exact) mass is 446 g/mol. The van der Waals surface area contributed by atoms with E-state index >= 15 is 0 Å². The van der Waals surface area contributed by atoms with Crippen LogP contribution in [0.15, 0.2) is 24.4 Å². The molecule has 0 bridgehead atoms. The number of urea groups is 1. The summed E-state index contributed by atoms with van der Waals surface area (Å²) >= 11 is 0. The van der Waals surface area contributed by atoms with Crippen molar-refractivity contribution in [1.29, 1.82) is 0 Å². The van der Waals surface area contributed by atoms with Crippen LogP contribution in [-0.2, 0) is 17.8 Å². The summed E-state index contributed by atoms with van der Waals surface area (Å²) in [6.07, 6.45) is 3.73. The summed E-state index contributed by atoms with van der Waals surface area (Å²) < 4.78 is 18.5. The van der Waals surface area contributed by atoms with Crippen molar-refractivity contribution in [3.8, 4) is 11.5 Å². The Balaban J connectivity index is 1.24. The van der Waals surface area contributed by atoms with Gasteiger partial charge < -0.3 is 34.9 Å². The number of rotatable bonds is 8. The van der Waals surface area contributed by atoms with Crippen LogP contribution in [0, 0.1) is 0 Å². The Hall–Kier alpha value is -2.89. The van der Waals surface area contributed by atoms with Gasteiger partial charge in [0.1, 0.15) is 6.10 Å². The molecule has 174 valence electrons. The van der Waals surface area contributed by atoms with Crippen LogP contribution in [0.2, 0.25) is 0 Å². The molecule has 11 nitrogen and oxygen atoms in total. The summed E-state index contributed by atoms with van der Waals surface area (Å²) in [5, 5.41) is 23.8. The molecule has 1 fully saturated rings. The van der Waals surface area contributed by atoms with Gasteiger partial charge in [0, 0.05) is 31.0 Å². The highest BCUT2D eigenvalue weighted by atomic mass is 16.7. The number of amides is 2. The smallest absolute Gasteiger partial charge is 0.319 e. The molecule has 1 aromatic heterocycles. The van der Waals surface area contributed by atoms with Crippen LogP contribution in [0.25, 0.3) is 0 Å². The summed E-state index contributed by atoms with van der Waals surface area (Å²) in [5.74, 6) is 1.25. The fourth-order valence-electron chi connectivity index (χ4n) is 3.94. The lowest BCUT2D eigenvalue weighted by Gasteiger charge is -2.36. The average molecular weight is 447 g/mol. The van der Waals surface area contributed by atoms with Gasteiger partial charge in [-0.3, -0.25) is 4.68 Å². The molecule has 3 N–H and O–H groups in total. The Labute approximate surface area is 186 Å². The van der Waals surface area contributed by atoms with Crippen LogP contribution < -0.4 is 20.1 Å². The van der Waals surface area contributed by atoms with E-state index in [9.17, 15) is 9.90 Å². The molecule has 0 aliphatic carbocycles. The SMILES string of the molecule is CN(C)Cc1cn(CC[C@H]2CC[C@@H](NC(=O)Nc3ccc4c(c3)OCO4)[C@H](CO)O2)nn1. The number of carbonyl (C=O) groups excluding carboxylic acids is 1. The number of anilines is 1. The van der Waals surface area contributed by atoms with E-state index in [0.717, 1.165) is 25.1 Å². The molecule has 2 aliphatic rings. The van der Waals surface area contributed by atoms with Gasteiger partial charge in [0.05, 0.1) is 24.4 Å². The molecule has 2 aliphatic heterocycles. The number of hydrogen-bond donors (Lipinski definition) is 3. The van der Waals surface area contributed by atoms with Crippen molar-refractivity contribution in [2.75, 3.05) is 32.8 Å². The Morgan fingerprint density at radius 3 is 2.94 bits per heavy atom. The van der Waals surface area contributed by atoms with Crippen LogP contribution in [0.5, 0.6) is 11.5 Å². The third kappa shape index (κ3) is 5.67. The van der Waals surface area contributed by atoms with Crippen molar-refractivity contribution in [3.63, 3.8) is 0 Å². The lowest BCUT2D eigenvalue weighted by Crippen LogP contribution is -2.52. The molecule has 0 radical (unpaired) electrons. The third-order valence-corrected chi connectivity index (χ3v) is 5.49. The molecule has 2 amide bonds. The number of aliphatic hydroxyl groups excluding tert-OH is 1. The van der Waals surface area contributed by atoms with Crippen LogP contribution in [0.4, 0.5) is 10.5 Å². The number of aryl methyl sites for hydroxylation is 1. The van der Waals surface area contributed by atoms with E-state index in [2.05, 4.69) is 20.9 Å². The van der Waals surface area contributed by atoms with E-state index in [1.54, 1.807) is 18.2 Å². The summed E-state index contributed by atoms with van der Waals surface area (Å²) in [4.78, 5) is 14.5. The molecule has 1 saturated heterocycles. The highest BCUT2D eigenvalue weighted by molar-refractivity contribution is 5.90. The Morgan fingerprint density at radius 1 is 1.28 bits per heavy atom. The molecular weight excluding hydrogens is 416 g/mol. The van der Waals surface area contributed by atoms with Crippen molar-refractivity contribution >= 4 is 11.7 Å². The maximum absolute atomic E-state index is 12.5. The standard InChI is InChI=1S/C21H30N6O5/c1-26(2)10-15-11-27(25-24-15)8-7-16-4-5-17(20(12-28)32-16)23-21(29)22-14-3-6-18-19(9-14)31-13-30-18/h3,6,9,11,16-17,20,28H,4-5,7-8,10,12-13H2,1-2H3,(H2,22,23,29)/t16-,17-,20+/m1/s1. The van der Waals surface area contributed by atoms with Gasteiger partial charge in [0.2, 0.25) is 6.79 Å². The van der Waals surface area contributed by atoms with E-state index in [0.29, 0.717) is 30.2 Å². The van der Waals surface area contributed by atoms with E-state index in [4.69, 9.17) is 14.2 Å². The second-order valence-electron chi connectivity index (χ2n) is 8.33. The molecule has 2 aromatic rings. The summed E-state index contributed by atoms with van der Waals surface area (Å²) in [6.45, 7) is 1.44. The van der Waals surface area contributed by atoms with Gasteiger partial charge >= 0.3 is 6.03 Å². The summed E-state index contributed by atoms with van der Waals surface area (Å²) in [6, 6.07) is 4.58. The van der Waals surface area contributed by atoms with Crippen LogP contribution in [-0.4, -0.2) is 76.8 Å². The number of aromatic nitrogens is 3. The zero-order valence-electron chi connectivity index (χ0n) is 18.4. The van der Waals surface area contributed by atoms with Crippen molar-refractivity contribution in [3.05, 3.63) is 30.1 Å². The highest BCUT2D eigenvalue weighted by Crippen LogP contribution is 2.34. The maximum atomic E-state index is 12.5. The van der Waals surface area contributed by atoms with Gasteiger partial charge in [-0.05, 0) is 45.5 Å². The number of ether oxygens (including phenoxy) is 3. The second-order valence-corrected chi connectivity index (χ2v) is 8.33. The van der Waals surface area contributed by atoms with Crippen molar-refractivity contribution < 1.29 is 24.1 Å². The quantitative estimate of drug-likeness (QED) is 0.553. The molecule has 11 heteroatoms. The van der Waals surface area contributed by atoms with Crippen molar-refractivity contribution in [1.82, 2.24) is 25.2 Å². The number of hydrogen-bond acceptors (Lipinski definition) is 8. The van der Waals surface area contributed by atoms with Gasteiger partial charge in [0.15, 0.2) is 11.5 Å². The Morgan fingerprint density at radius 2 is 2.12 bits per heavy atom. The molecule has 3 heterocycles. The van der Waals surface area contributed by atoms with E-state index in [1.165, 1.54) is 0 Å². The lowest BCUT2D eigenvalue weighted by molar-refractivity contribution is -0.0905. The topological polar surface area (TPSA) is 123 Å². The third-order valence-electron chi connectivity index (χ3n) is 5.49. The number of aliphatic hydroxyl groups is 1. The van der Waals surface area contributed by atoms with Crippen molar-refractivity contribution in [2.24, 2.45) is 0 Å². The molecule has 0 unspecified atom stereocenters. The van der Waals surface area contributed by atoms with Gasteiger partial charge in [-0.2, -0.15) is 0 Å². The first-order valence-electron chi connectivity index (χ1n) is 10.8. The zero-order valence-corrected chi connectivity index (χ0v) is 18.4. The van der Waals surface area contributed by atoms with E-state index in [-0.39, 0.29) is 31.6 Å². The fraction of sp³-hybridized carbons (Fsp3) is 0.571. The number of nitrogens with one attached hydrogen (secondary N) is 2. The minimum atomic E-state index is -0.462. The second kappa shape index (κ2) is 10.2. The van der Waals surface area contributed by atoms with E-state index < -0.39 is 6.10 Å². The number of fused-ring (bicyclic) bond motifs is 1. The van der Waals surface area contributed by atoms with Gasteiger partial charge in [-0.15, -0.1) is 5.10 Å². The average Bonchev–Trinajstić information content (AvgIpc) is 3.41. The molecular formula is C21H30N6O5. The lowest BCUT2D eigenvalue weighted by atomic mass is 9.97. The van der Waals surface area contributed by atoms with Crippen LogP contribution >= 0.6 is 0 Å².